The summed E-state index contributed by atoms with van der Waals surface area (Å²) in [6.07, 6.45) is 4.90. The average molecular weight is 468 g/mol. The number of esters is 1. The molecule has 32 heavy (non-hydrogen) atoms. The predicted molar refractivity (Wildman–Crippen MR) is 129 cm³/mol. The number of pyridine rings is 1. The van der Waals surface area contributed by atoms with Crippen molar-refractivity contribution >= 4 is 20.4 Å². The van der Waals surface area contributed by atoms with Gasteiger partial charge in [-0.3, -0.25) is 0 Å². The van der Waals surface area contributed by atoms with Crippen LogP contribution in [0.5, 0.6) is 5.88 Å². The molecule has 0 amide bonds. The highest BCUT2D eigenvalue weighted by Crippen LogP contribution is 2.37. The molecule has 1 aromatic heterocycles. The molecule has 2 heterocycles. The van der Waals surface area contributed by atoms with Gasteiger partial charge in [-0.1, -0.05) is 34.1 Å². The van der Waals surface area contributed by atoms with E-state index in [0.717, 1.165) is 44.8 Å². The van der Waals surface area contributed by atoms with Crippen LogP contribution in [0.2, 0.25) is 18.1 Å². The van der Waals surface area contributed by atoms with Crippen molar-refractivity contribution in [1.29, 1.82) is 0 Å². The first-order valence-corrected chi connectivity index (χ1v) is 14.2. The number of carbonyl (C=O) groups excluding carboxylic acids is 1. The summed E-state index contributed by atoms with van der Waals surface area (Å²) in [5.74, 6) is 0.141. The summed E-state index contributed by atoms with van der Waals surface area (Å²) in [4.78, 5) is 16.1. The van der Waals surface area contributed by atoms with Crippen LogP contribution in [-0.4, -0.2) is 59.4 Å². The van der Waals surface area contributed by atoms with Crippen molar-refractivity contribution in [2.24, 2.45) is 0 Å². The van der Waals surface area contributed by atoms with Gasteiger partial charge in [0, 0.05) is 12.1 Å². The maximum absolute atomic E-state index is 11.7. The lowest BCUT2D eigenvalue weighted by molar-refractivity contribution is -0.137. The van der Waals surface area contributed by atoms with Gasteiger partial charge < -0.3 is 23.4 Å². The first-order valence-electron chi connectivity index (χ1n) is 11.3. The monoisotopic (exact) mass is 467 g/mol. The van der Waals surface area contributed by atoms with Gasteiger partial charge in [-0.15, -0.1) is 0 Å². The lowest BCUT2D eigenvalue weighted by Gasteiger charge is -2.36. The van der Waals surface area contributed by atoms with Gasteiger partial charge in [-0.25, -0.2) is 9.78 Å². The molecule has 0 saturated carbocycles. The number of hydrogen-bond donors (Lipinski definition) is 0. The Morgan fingerprint density at radius 3 is 2.28 bits per heavy atom. The van der Waals surface area contributed by atoms with Crippen molar-refractivity contribution in [2.45, 2.75) is 65.3 Å². The lowest BCUT2D eigenvalue weighted by Crippen LogP contribution is -2.40. The summed E-state index contributed by atoms with van der Waals surface area (Å²) >= 11 is 0. The molecular formula is C24H41NO6Si. The van der Waals surface area contributed by atoms with Crippen LogP contribution in [0.1, 0.15) is 51.8 Å². The molecule has 2 rings (SSSR count). The molecule has 0 unspecified atom stereocenters. The van der Waals surface area contributed by atoms with Crippen LogP contribution in [0.25, 0.3) is 6.08 Å². The first-order chi connectivity index (χ1) is 15.1. The van der Waals surface area contributed by atoms with Crippen molar-refractivity contribution < 1.29 is 28.2 Å². The van der Waals surface area contributed by atoms with Crippen molar-refractivity contribution in [3.63, 3.8) is 0 Å². The largest absolute Gasteiger partial charge is 0.481 e. The average Bonchev–Trinajstić information content (AvgIpc) is 2.77. The summed E-state index contributed by atoms with van der Waals surface area (Å²) in [5.41, 5.74) is 1.62. The van der Waals surface area contributed by atoms with Crippen LogP contribution >= 0.6 is 0 Å². The number of methoxy groups -OCH3 is 1. The van der Waals surface area contributed by atoms with Gasteiger partial charge in [0.25, 0.3) is 0 Å². The molecule has 1 fully saturated rings. The highest BCUT2D eigenvalue weighted by molar-refractivity contribution is 6.74. The van der Waals surface area contributed by atoms with Crippen molar-refractivity contribution in [3.05, 3.63) is 29.5 Å². The Hall–Kier alpha value is -1.74. The van der Waals surface area contributed by atoms with E-state index in [1.165, 1.54) is 6.08 Å². The zero-order valence-electron chi connectivity index (χ0n) is 20.9. The molecule has 0 aromatic carbocycles. The van der Waals surface area contributed by atoms with E-state index >= 15 is 0 Å². The molecule has 1 aliphatic rings. The molecule has 0 N–H and O–H groups in total. The van der Waals surface area contributed by atoms with E-state index in [0.29, 0.717) is 24.8 Å². The summed E-state index contributed by atoms with van der Waals surface area (Å²) in [7, 11) is -0.264. The second kappa shape index (κ2) is 14.4. The van der Waals surface area contributed by atoms with Gasteiger partial charge in [-0.05, 0) is 42.3 Å². The molecule has 7 nitrogen and oxygen atoms in total. The number of nitrogens with zero attached hydrogens (tertiary/aromatic N) is 1. The Morgan fingerprint density at radius 2 is 1.78 bits per heavy atom. The summed E-state index contributed by atoms with van der Waals surface area (Å²) in [6.45, 7) is 17.2. The van der Waals surface area contributed by atoms with Crippen LogP contribution in [0.3, 0.4) is 0 Å². The third kappa shape index (κ3) is 11.2. The minimum absolute atomic E-state index is 0.148. The van der Waals surface area contributed by atoms with E-state index in [-0.39, 0.29) is 11.0 Å². The molecule has 0 atom stereocenters. The molecule has 8 heteroatoms. The van der Waals surface area contributed by atoms with Crippen LogP contribution in [0.4, 0.5) is 0 Å². The van der Waals surface area contributed by atoms with Crippen molar-refractivity contribution in [1.82, 2.24) is 4.98 Å². The molecule has 0 aliphatic carbocycles. The quantitative estimate of drug-likeness (QED) is 0.219. The van der Waals surface area contributed by atoms with Crippen molar-refractivity contribution in [2.75, 3.05) is 40.1 Å². The SMILES string of the molecule is C1COCCO1.CCCCOC(=O)/C=C/c1cc(CO[Si](C)(C)C(C)(C)C)cc(OC)n1. The number of aromatic nitrogens is 1. The van der Waals surface area contributed by atoms with Crippen LogP contribution in [0.15, 0.2) is 18.2 Å². The fraction of sp³-hybridized carbons (Fsp3) is 0.667. The second-order valence-electron chi connectivity index (χ2n) is 9.07. The standard InChI is InChI=1S/C20H33NO4Si.C4H8O2/c1-8-9-12-24-19(22)11-10-17-13-16(14-18(21-17)23-5)15-25-26(6,7)20(2,3)4;1-2-6-4-3-5-1/h10-11,13-14H,8-9,12,15H2,1-7H3;1-4H2/b11-10+;. The Kier molecular flexibility index (Phi) is 12.7. The Morgan fingerprint density at radius 1 is 1.16 bits per heavy atom. The minimum atomic E-state index is -1.84. The Labute approximate surface area is 194 Å². The Bertz CT molecular complexity index is 699. The van der Waals surface area contributed by atoms with E-state index in [2.05, 4.69) is 45.8 Å². The van der Waals surface area contributed by atoms with Crippen molar-refractivity contribution in [3.8, 4) is 5.88 Å². The summed E-state index contributed by atoms with van der Waals surface area (Å²) in [5, 5.41) is 0.148. The van der Waals surface area contributed by atoms with E-state index in [9.17, 15) is 4.79 Å². The maximum atomic E-state index is 11.7. The third-order valence-electron chi connectivity index (χ3n) is 5.37. The number of carbonyl (C=O) groups is 1. The van der Waals surface area contributed by atoms with Gasteiger partial charge in [0.05, 0.1) is 52.4 Å². The summed E-state index contributed by atoms with van der Waals surface area (Å²) < 4.78 is 26.5. The highest BCUT2D eigenvalue weighted by Gasteiger charge is 2.37. The van der Waals surface area contributed by atoms with E-state index in [4.69, 9.17) is 23.4 Å². The van der Waals surface area contributed by atoms with Gasteiger partial charge >= 0.3 is 5.97 Å². The number of hydrogen-bond acceptors (Lipinski definition) is 7. The molecule has 1 saturated heterocycles. The van der Waals surface area contributed by atoms with E-state index < -0.39 is 8.32 Å². The van der Waals surface area contributed by atoms with Crippen LogP contribution in [-0.2, 0) is 30.0 Å². The fourth-order valence-electron chi connectivity index (χ4n) is 2.29. The second-order valence-corrected chi connectivity index (χ2v) is 13.9. The Balaban J connectivity index is 0.000000730. The van der Waals surface area contributed by atoms with Gasteiger partial charge in [0.15, 0.2) is 8.32 Å². The predicted octanol–water partition coefficient (Wildman–Crippen LogP) is 5.00. The molecule has 0 radical (unpaired) electrons. The van der Waals surface area contributed by atoms with Gasteiger partial charge in [0.1, 0.15) is 0 Å². The zero-order chi connectivity index (χ0) is 24.0. The molecule has 1 aliphatic heterocycles. The van der Waals surface area contributed by atoms with E-state index in [1.807, 2.05) is 12.1 Å². The lowest BCUT2D eigenvalue weighted by atomic mass is 10.2. The molecule has 182 valence electrons. The topological polar surface area (TPSA) is 76.1 Å². The smallest absolute Gasteiger partial charge is 0.330 e. The van der Waals surface area contributed by atoms with Crippen LogP contribution in [0, 0.1) is 0 Å². The summed E-state index contributed by atoms with van der Waals surface area (Å²) in [6, 6.07) is 3.77. The first kappa shape index (κ1) is 28.3. The van der Waals surface area contributed by atoms with Gasteiger partial charge in [0.2, 0.25) is 5.88 Å². The number of unbranched alkanes of at least 4 members (excludes halogenated alkanes) is 1. The van der Waals surface area contributed by atoms with Crippen LogP contribution < -0.4 is 4.74 Å². The molecular weight excluding hydrogens is 426 g/mol. The third-order valence-corrected chi connectivity index (χ3v) is 9.85. The molecule has 0 bridgehead atoms. The zero-order valence-corrected chi connectivity index (χ0v) is 21.9. The normalized spacial score (nSPS) is 14.6. The van der Waals surface area contributed by atoms with E-state index in [1.54, 1.807) is 13.2 Å². The maximum Gasteiger partial charge on any atom is 0.330 e. The number of ether oxygens (including phenoxy) is 4. The molecule has 0 spiro atoms. The minimum Gasteiger partial charge on any atom is -0.481 e. The van der Waals surface area contributed by atoms with Gasteiger partial charge in [-0.2, -0.15) is 0 Å². The molecule has 1 aromatic rings. The highest BCUT2D eigenvalue weighted by atomic mass is 28.4. The number of rotatable bonds is 9. The fourth-order valence-corrected chi connectivity index (χ4v) is 3.25.